The van der Waals surface area contributed by atoms with Crippen LogP contribution in [0, 0.1) is 0 Å². The zero-order valence-electron chi connectivity index (χ0n) is 20.0. The molecule has 0 aliphatic carbocycles. The first-order valence-electron chi connectivity index (χ1n) is 11.2. The van der Waals surface area contributed by atoms with E-state index in [0.717, 1.165) is 22.7 Å². The van der Waals surface area contributed by atoms with Gasteiger partial charge in [0.1, 0.15) is 11.5 Å². The normalized spacial score (nSPS) is 14.9. The van der Waals surface area contributed by atoms with Gasteiger partial charge in [0.15, 0.2) is 0 Å². The van der Waals surface area contributed by atoms with E-state index in [4.69, 9.17) is 20.3 Å². The van der Waals surface area contributed by atoms with Crippen LogP contribution in [0.4, 0.5) is 4.79 Å². The molecule has 0 saturated carbocycles. The lowest BCUT2D eigenvalue weighted by atomic mass is 9.75. The SMILES string of the molecule is COc1ccc(-c2cc(C3(C(N)=O)CCN(C(=O)N(C)O)CC3)nn2-c2ccc(OC)cc2)cc1. The van der Waals surface area contributed by atoms with Crippen LogP contribution < -0.4 is 15.2 Å². The molecule has 184 valence electrons. The molecule has 0 radical (unpaired) electrons. The number of carbonyl (C=O) groups excluding carboxylic acids is 2. The summed E-state index contributed by atoms with van der Waals surface area (Å²) in [6.07, 6.45) is 0.590. The van der Waals surface area contributed by atoms with E-state index in [2.05, 4.69) is 0 Å². The number of nitrogens with two attached hydrogens (primary N) is 1. The van der Waals surface area contributed by atoms with Gasteiger partial charge in [-0.25, -0.2) is 14.5 Å². The Morgan fingerprint density at radius 1 is 1.00 bits per heavy atom. The van der Waals surface area contributed by atoms with Crippen molar-refractivity contribution < 1.29 is 24.3 Å². The van der Waals surface area contributed by atoms with Gasteiger partial charge in [-0.1, -0.05) is 0 Å². The fourth-order valence-electron chi connectivity index (χ4n) is 4.42. The highest BCUT2D eigenvalue weighted by Gasteiger charge is 2.45. The minimum atomic E-state index is -1.05. The van der Waals surface area contributed by atoms with E-state index in [1.807, 2.05) is 54.6 Å². The predicted octanol–water partition coefficient (Wildman–Crippen LogP) is 2.82. The molecule has 1 aliphatic rings. The van der Waals surface area contributed by atoms with E-state index in [0.29, 0.717) is 29.3 Å². The predicted molar refractivity (Wildman–Crippen MR) is 129 cm³/mol. The number of hydroxylamine groups is 2. The topological polar surface area (TPSA) is 123 Å². The van der Waals surface area contributed by atoms with Crippen molar-refractivity contribution in [3.05, 3.63) is 60.3 Å². The highest BCUT2D eigenvalue weighted by molar-refractivity contribution is 5.87. The Morgan fingerprint density at radius 2 is 1.54 bits per heavy atom. The molecule has 10 nitrogen and oxygen atoms in total. The highest BCUT2D eigenvalue weighted by Crippen LogP contribution is 2.38. The number of carbonyl (C=O) groups is 2. The summed E-state index contributed by atoms with van der Waals surface area (Å²) in [5.41, 5.74) is 7.88. The van der Waals surface area contributed by atoms with Gasteiger partial charge in [-0.2, -0.15) is 5.10 Å². The third-order valence-corrected chi connectivity index (χ3v) is 6.54. The van der Waals surface area contributed by atoms with Crippen molar-refractivity contribution in [2.75, 3.05) is 34.4 Å². The van der Waals surface area contributed by atoms with Gasteiger partial charge in [-0.15, -0.1) is 0 Å². The van der Waals surface area contributed by atoms with Crippen LogP contribution in [-0.2, 0) is 10.2 Å². The Balaban J connectivity index is 1.78. The number of nitrogens with zero attached hydrogens (tertiary/aromatic N) is 4. The number of piperidine rings is 1. The molecule has 0 bridgehead atoms. The van der Waals surface area contributed by atoms with E-state index in [1.54, 1.807) is 18.9 Å². The number of ether oxygens (including phenoxy) is 2. The van der Waals surface area contributed by atoms with Crippen molar-refractivity contribution in [3.63, 3.8) is 0 Å². The molecule has 0 atom stereocenters. The maximum atomic E-state index is 12.8. The molecule has 0 spiro atoms. The second kappa shape index (κ2) is 9.67. The Labute approximate surface area is 203 Å². The Kier molecular flexibility index (Phi) is 6.65. The van der Waals surface area contributed by atoms with Gasteiger partial charge >= 0.3 is 6.03 Å². The largest absolute Gasteiger partial charge is 0.497 e. The molecule has 1 fully saturated rings. The van der Waals surface area contributed by atoms with Crippen LogP contribution in [-0.4, -0.2) is 71.2 Å². The minimum Gasteiger partial charge on any atom is -0.497 e. The van der Waals surface area contributed by atoms with E-state index in [-0.39, 0.29) is 13.1 Å². The first kappa shape index (κ1) is 24.1. The molecule has 0 unspecified atom stereocenters. The zero-order valence-corrected chi connectivity index (χ0v) is 20.0. The number of rotatable bonds is 6. The Bertz CT molecular complexity index is 1130. The average molecular weight is 480 g/mol. The summed E-state index contributed by atoms with van der Waals surface area (Å²) in [7, 11) is 4.49. The summed E-state index contributed by atoms with van der Waals surface area (Å²) < 4.78 is 12.3. The van der Waals surface area contributed by atoms with E-state index in [1.165, 1.54) is 11.9 Å². The number of benzene rings is 2. The molecule has 3 N–H and O–H groups in total. The lowest BCUT2D eigenvalue weighted by Crippen LogP contribution is -2.53. The van der Waals surface area contributed by atoms with Gasteiger partial charge in [-0.05, 0) is 67.4 Å². The minimum absolute atomic E-state index is 0.264. The number of primary amides is 1. The molecule has 10 heteroatoms. The number of urea groups is 1. The molecule has 35 heavy (non-hydrogen) atoms. The van der Waals surface area contributed by atoms with E-state index < -0.39 is 17.4 Å². The molecule has 2 aromatic carbocycles. The van der Waals surface area contributed by atoms with Crippen molar-refractivity contribution in [2.45, 2.75) is 18.3 Å². The molecule has 3 aromatic rings. The van der Waals surface area contributed by atoms with Crippen molar-refractivity contribution in [1.29, 1.82) is 0 Å². The molecular formula is C25H29N5O5. The molecule has 4 rings (SSSR count). The molecule has 1 aromatic heterocycles. The summed E-state index contributed by atoms with van der Waals surface area (Å²) >= 11 is 0. The molecule has 3 amide bonds. The number of hydrogen-bond acceptors (Lipinski definition) is 6. The maximum absolute atomic E-state index is 12.8. The van der Waals surface area contributed by atoms with Gasteiger partial charge in [-0.3, -0.25) is 10.0 Å². The maximum Gasteiger partial charge on any atom is 0.343 e. The van der Waals surface area contributed by atoms with Crippen LogP contribution in [0.2, 0.25) is 0 Å². The molecule has 1 saturated heterocycles. The van der Waals surface area contributed by atoms with Crippen molar-refractivity contribution in [2.24, 2.45) is 5.73 Å². The second-order valence-corrected chi connectivity index (χ2v) is 8.49. The monoisotopic (exact) mass is 479 g/mol. The summed E-state index contributed by atoms with van der Waals surface area (Å²) in [6, 6.07) is 16.4. The fraction of sp³-hybridized carbons (Fsp3) is 0.320. The summed E-state index contributed by atoms with van der Waals surface area (Å²) in [5.74, 6) is 0.943. The van der Waals surface area contributed by atoms with Crippen LogP contribution in [0.25, 0.3) is 16.9 Å². The first-order chi connectivity index (χ1) is 16.8. The van der Waals surface area contributed by atoms with Crippen molar-refractivity contribution in [3.8, 4) is 28.4 Å². The number of hydrogen-bond donors (Lipinski definition) is 2. The fourth-order valence-corrected chi connectivity index (χ4v) is 4.42. The Hall–Kier alpha value is -4.05. The quantitative estimate of drug-likeness (QED) is 0.414. The zero-order chi connectivity index (χ0) is 25.2. The van der Waals surface area contributed by atoms with Crippen LogP contribution in [0.5, 0.6) is 11.5 Å². The van der Waals surface area contributed by atoms with E-state index in [9.17, 15) is 14.8 Å². The molecular weight excluding hydrogens is 450 g/mol. The number of amides is 3. The Morgan fingerprint density at radius 3 is 2.03 bits per heavy atom. The number of aromatic nitrogens is 2. The van der Waals surface area contributed by atoms with Gasteiger partial charge < -0.3 is 20.1 Å². The van der Waals surface area contributed by atoms with Crippen LogP contribution in [0.1, 0.15) is 18.5 Å². The highest BCUT2D eigenvalue weighted by atomic mass is 16.5. The molecule has 1 aliphatic heterocycles. The van der Waals surface area contributed by atoms with E-state index >= 15 is 0 Å². The number of methoxy groups -OCH3 is 2. The summed E-state index contributed by atoms with van der Waals surface area (Å²) in [5, 5.41) is 14.9. The third-order valence-electron chi connectivity index (χ3n) is 6.54. The lowest BCUT2D eigenvalue weighted by molar-refractivity contribution is -0.125. The van der Waals surface area contributed by atoms with Crippen LogP contribution >= 0.6 is 0 Å². The van der Waals surface area contributed by atoms with Crippen molar-refractivity contribution >= 4 is 11.9 Å². The molecule has 2 heterocycles. The average Bonchev–Trinajstić information content (AvgIpc) is 3.34. The van der Waals surface area contributed by atoms with Crippen molar-refractivity contribution in [1.82, 2.24) is 19.7 Å². The summed E-state index contributed by atoms with van der Waals surface area (Å²) in [4.78, 5) is 26.5. The van der Waals surface area contributed by atoms with Crippen LogP contribution in [0.3, 0.4) is 0 Å². The van der Waals surface area contributed by atoms with Gasteiger partial charge in [0.25, 0.3) is 0 Å². The lowest BCUT2D eigenvalue weighted by Gasteiger charge is -2.39. The third kappa shape index (κ3) is 4.52. The first-order valence-corrected chi connectivity index (χ1v) is 11.2. The second-order valence-electron chi connectivity index (χ2n) is 8.49. The standard InChI is InChI=1S/C25H29N5O5/c1-28(33)24(32)29-14-12-25(13-15-29,23(26)31)22-16-21(17-4-8-19(34-2)9-5-17)30(27-22)18-6-10-20(35-3)11-7-18/h4-11,16,33H,12-15H2,1-3H3,(H2,26,31). The summed E-state index contributed by atoms with van der Waals surface area (Å²) in [6.45, 7) is 0.528. The van der Waals surface area contributed by atoms with Gasteiger partial charge in [0, 0.05) is 25.7 Å². The smallest absolute Gasteiger partial charge is 0.343 e. The van der Waals surface area contributed by atoms with Gasteiger partial charge in [0.2, 0.25) is 5.91 Å². The number of likely N-dealkylation sites (tertiary alicyclic amines) is 1. The van der Waals surface area contributed by atoms with Crippen LogP contribution in [0.15, 0.2) is 54.6 Å². The van der Waals surface area contributed by atoms with Gasteiger partial charge in [0.05, 0.1) is 36.7 Å².